The van der Waals surface area contributed by atoms with Crippen molar-refractivity contribution in [2.75, 3.05) is 6.54 Å². The van der Waals surface area contributed by atoms with Crippen LogP contribution in [0.25, 0.3) is 0 Å². The molecule has 5 heteroatoms. The lowest BCUT2D eigenvalue weighted by Gasteiger charge is -2.14. The van der Waals surface area contributed by atoms with E-state index < -0.39 is 5.82 Å². The van der Waals surface area contributed by atoms with Crippen LogP contribution in [0.5, 0.6) is 11.5 Å². The summed E-state index contributed by atoms with van der Waals surface area (Å²) >= 11 is 9.38. The molecule has 1 N–H and O–H groups in total. The van der Waals surface area contributed by atoms with Gasteiger partial charge >= 0.3 is 0 Å². The predicted octanol–water partition coefficient (Wildman–Crippen LogP) is 5.70. The summed E-state index contributed by atoms with van der Waals surface area (Å²) in [6, 6.07) is 10.2. The molecule has 0 aliphatic rings. The first-order valence-electron chi connectivity index (χ1n) is 6.67. The largest absolute Gasteiger partial charge is 0.453 e. The molecule has 0 heterocycles. The first kappa shape index (κ1) is 16.3. The van der Waals surface area contributed by atoms with Crippen molar-refractivity contribution in [1.82, 2.24) is 5.32 Å². The molecule has 0 saturated heterocycles. The van der Waals surface area contributed by atoms with Crippen molar-refractivity contribution in [3.05, 3.63) is 57.3 Å². The van der Waals surface area contributed by atoms with Gasteiger partial charge in [-0.2, -0.15) is 0 Å². The number of benzene rings is 2. The molecule has 2 aromatic rings. The van der Waals surface area contributed by atoms with Crippen molar-refractivity contribution in [3.8, 4) is 11.5 Å². The minimum atomic E-state index is -0.409. The molecule has 0 saturated carbocycles. The molecular weight excluding hydrogens is 357 g/mol. The predicted molar refractivity (Wildman–Crippen MR) is 87.7 cm³/mol. The van der Waals surface area contributed by atoms with Crippen LogP contribution in [0, 0.1) is 5.82 Å². The second-order valence-corrected chi connectivity index (χ2v) is 5.97. The maximum atomic E-state index is 14.2. The number of halogens is 3. The maximum Gasteiger partial charge on any atom is 0.166 e. The summed E-state index contributed by atoms with van der Waals surface area (Å²) in [4.78, 5) is 0. The fourth-order valence-corrected chi connectivity index (χ4v) is 2.46. The fourth-order valence-electron chi connectivity index (χ4n) is 1.97. The Morgan fingerprint density at radius 1 is 1.24 bits per heavy atom. The fraction of sp³-hybridized carbons (Fsp3) is 0.250. The normalized spacial score (nSPS) is 12.2. The molecule has 0 aromatic heterocycles. The zero-order chi connectivity index (χ0) is 15.4. The summed E-state index contributed by atoms with van der Waals surface area (Å²) in [7, 11) is 0. The summed E-state index contributed by atoms with van der Waals surface area (Å²) in [5.74, 6) is 0.160. The van der Waals surface area contributed by atoms with Crippen LogP contribution < -0.4 is 10.1 Å². The van der Waals surface area contributed by atoms with Gasteiger partial charge in [0.15, 0.2) is 11.6 Å². The molecule has 0 aliphatic heterocycles. The third kappa shape index (κ3) is 4.19. The van der Waals surface area contributed by atoms with Crippen molar-refractivity contribution in [1.29, 1.82) is 0 Å². The molecule has 21 heavy (non-hydrogen) atoms. The maximum absolute atomic E-state index is 14.2. The van der Waals surface area contributed by atoms with Crippen LogP contribution in [0.1, 0.15) is 25.5 Å². The standard InChI is InChI=1S/C16H16BrClFNO/c1-3-20-10(2)11-4-7-15(14(19)8-11)21-16-9-12(17)5-6-13(16)18/h4-10,20H,3H2,1-2H3. The van der Waals surface area contributed by atoms with Gasteiger partial charge in [0.1, 0.15) is 5.75 Å². The van der Waals surface area contributed by atoms with E-state index in [2.05, 4.69) is 21.2 Å². The van der Waals surface area contributed by atoms with Crippen LogP contribution >= 0.6 is 27.5 Å². The smallest absolute Gasteiger partial charge is 0.166 e. The molecule has 0 amide bonds. The summed E-state index contributed by atoms with van der Waals surface area (Å²) in [6.07, 6.45) is 0. The van der Waals surface area contributed by atoms with E-state index in [1.54, 1.807) is 24.3 Å². The number of rotatable bonds is 5. The van der Waals surface area contributed by atoms with Crippen LogP contribution in [0.4, 0.5) is 4.39 Å². The van der Waals surface area contributed by atoms with Gasteiger partial charge in [-0.25, -0.2) is 4.39 Å². The summed E-state index contributed by atoms with van der Waals surface area (Å²) in [6.45, 7) is 4.83. The number of hydrogen-bond acceptors (Lipinski definition) is 2. The SMILES string of the molecule is CCNC(C)c1ccc(Oc2cc(Br)ccc2Cl)c(F)c1. The first-order valence-corrected chi connectivity index (χ1v) is 7.84. The van der Waals surface area contributed by atoms with Crippen LogP contribution in [-0.2, 0) is 0 Å². The Morgan fingerprint density at radius 2 is 2.00 bits per heavy atom. The molecule has 1 atom stereocenters. The second-order valence-electron chi connectivity index (χ2n) is 4.65. The van der Waals surface area contributed by atoms with E-state index >= 15 is 0 Å². The topological polar surface area (TPSA) is 21.3 Å². The van der Waals surface area contributed by atoms with Crippen molar-refractivity contribution < 1.29 is 9.13 Å². The Hall–Kier alpha value is -1.10. The molecule has 0 spiro atoms. The molecule has 2 nitrogen and oxygen atoms in total. The van der Waals surface area contributed by atoms with Gasteiger partial charge in [0.2, 0.25) is 0 Å². The van der Waals surface area contributed by atoms with E-state index in [0.717, 1.165) is 16.6 Å². The summed E-state index contributed by atoms with van der Waals surface area (Å²) in [5, 5.41) is 3.67. The second kappa shape index (κ2) is 7.25. The van der Waals surface area contributed by atoms with Gasteiger partial charge in [-0.3, -0.25) is 0 Å². The van der Waals surface area contributed by atoms with Gasteiger partial charge < -0.3 is 10.1 Å². The van der Waals surface area contributed by atoms with E-state index in [0.29, 0.717) is 10.8 Å². The van der Waals surface area contributed by atoms with E-state index in [9.17, 15) is 4.39 Å². The van der Waals surface area contributed by atoms with E-state index in [4.69, 9.17) is 16.3 Å². The molecule has 0 fully saturated rings. The van der Waals surface area contributed by atoms with Crippen molar-refractivity contribution in [2.24, 2.45) is 0 Å². The van der Waals surface area contributed by atoms with Gasteiger partial charge in [-0.1, -0.05) is 40.5 Å². The monoisotopic (exact) mass is 371 g/mol. The van der Waals surface area contributed by atoms with Crippen molar-refractivity contribution >= 4 is 27.5 Å². The number of ether oxygens (including phenoxy) is 1. The Morgan fingerprint density at radius 3 is 2.67 bits per heavy atom. The summed E-state index contributed by atoms with van der Waals surface area (Å²) < 4.78 is 20.5. The summed E-state index contributed by atoms with van der Waals surface area (Å²) in [5.41, 5.74) is 0.877. The van der Waals surface area contributed by atoms with Gasteiger partial charge in [0, 0.05) is 10.5 Å². The first-order chi connectivity index (χ1) is 10.0. The van der Waals surface area contributed by atoms with Crippen molar-refractivity contribution in [2.45, 2.75) is 19.9 Å². The molecule has 2 aromatic carbocycles. The highest BCUT2D eigenvalue weighted by molar-refractivity contribution is 9.10. The Labute approximate surface area is 137 Å². The molecule has 112 valence electrons. The zero-order valence-electron chi connectivity index (χ0n) is 11.8. The van der Waals surface area contributed by atoms with Crippen LogP contribution in [0.2, 0.25) is 5.02 Å². The minimum absolute atomic E-state index is 0.0907. The highest BCUT2D eigenvalue weighted by atomic mass is 79.9. The zero-order valence-corrected chi connectivity index (χ0v) is 14.1. The quantitative estimate of drug-likeness (QED) is 0.726. The lowest BCUT2D eigenvalue weighted by atomic mass is 10.1. The average Bonchev–Trinajstić information content (AvgIpc) is 2.45. The van der Waals surface area contributed by atoms with Crippen LogP contribution in [0.3, 0.4) is 0 Å². The van der Waals surface area contributed by atoms with Crippen molar-refractivity contribution in [3.63, 3.8) is 0 Å². The third-order valence-corrected chi connectivity index (χ3v) is 3.88. The highest BCUT2D eigenvalue weighted by Crippen LogP contribution is 2.33. The molecular formula is C16H16BrClFNO. The lowest BCUT2D eigenvalue weighted by molar-refractivity contribution is 0.440. The van der Waals surface area contributed by atoms with E-state index in [1.165, 1.54) is 6.07 Å². The van der Waals surface area contributed by atoms with Crippen LogP contribution in [0.15, 0.2) is 40.9 Å². The van der Waals surface area contributed by atoms with Gasteiger partial charge in [-0.15, -0.1) is 0 Å². The Balaban J connectivity index is 2.23. The van der Waals surface area contributed by atoms with E-state index in [1.807, 2.05) is 19.9 Å². The molecule has 0 radical (unpaired) electrons. The minimum Gasteiger partial charge on any atom is -0.453 e. The van der Waals surface area contributed by atoms with Gasteiger partial charge in [-0.05, 0) is 49.4 Å². The Bertz CT molecular complexity index is 636. The molecule has 2 rings (SSSR count). The van der Waals surface area contributed by atoms with Gasteiger partial charge in [0.25, 0.3) is 0 Å². The highest BCUT2D eigenvalue weighted by Gasteiger charge is 2.11. The van der Waals surface area contributed by atoms with Crippen LogP contribution in [-0.4, -0.2) is 6.54 Å². The molecule has 0 bridgehead atoms. The number of hydrogen-bond donors (Lipinski definition) is 1. The molecule has 1 unspecified atom stereocenters. The third-order valence-electron chi connectivity index (χ3n) is 3.08. The average molecular weight is 373 g/mol. The van der Waals surface area contributed by atoms with Gasteiger partial charge in [0.05, 0.1) is 5.02 Å². The number of nitrogens with one attached hydrogen (secondary N) is 1. The Kier molecular flexibility index (Phi) is 5.62. The molecule has 0 aliphatic carbocycles. The lowest BCUT2D eigenvalue weighted by Crippen LogP contribution is -2.17. The van der Waals surface area contributed by atoms with E-state index in [-0.39, 0.29) is 11.8 Å².